The Hall–Kier alpha value is -3.15. The van der Waals surface area contributed by atoms with Crippen molar-refractivity contribution in [2.45, 2.75) is 12.8 Å². The molecular weight excluding hydrogens is 340 g/mol. The molecule has 1 saturated heterocycles. The number of benzene rings is 2. The zero-order chi connectivity index (χ0) is 18.6. The second-order valence-corrected chi connectivity index (χ2v) is 6.91. The zero-order valence-corrected chi connectivity index (χ0v) is 15.0. The first-order chi connectivity index (χ1) is 13.2. The number of hydrogen-bond acceptors (Lipinski definition) is 4. The summed E-state index contributed by atoms with van der Waals surface area (Å²) in [6, 6.07) is 16.7. The maximum atomic E-state index is 12.5. The second-order valence-electron chi connectivity index (χ2n) is 6.91. The van der Waals surface area contributed by atoms with Crippen molar-refractivity contribution in [3.8, 4) is 0 Å². The van der Waals surface area contributed by atoms with Crippen LogP contribution in [-0.4, -0.2) is 40.4 Å². The van der Waals surface area contributed by atoms with Crippen molar-refractivity contribution in [1.82, 2.24) is 14.9 Å². The Balaban J connectivity index is 1.33. The van der Waals surface area contributed by atoms with E-state index in [2.05, 4.69) is 15.3 Å². The standard InChI is InChI=1S/C21H22N4O2/c26-19-17-8-4-5-9-18(17)23-21(24-19)22-14-15-10-12-25(13-11-15)20(27)16-6-2-1-3-7-16/h1-9,15H,10-14H2,(H2,22,23,24,26). The van der Waals surface area contributed by atoms with Crippen LogP contribution >= 0.6 is 0 Å². The van der Waals surface area contributed by atoms with E-state index in [1.54, 1.807) is 6.07 Å². The minimum Gasteiger partial charge on any atom is -0.355 e. The van der Waals surface area contributed by atoms with E-state index >= 15 is 0 Å². The molecule has 6 heteroatoms. The number of H-pyrrole nitrogens is 1. The van der Waals surface area contributed by atoms with Crippen LogP contribution in [0.15, 0.2) is 59.4 Å². The van der Waals surface area contributed by atoms with Crippen LogP contribution in [0.5, 0.6) is 0 Å². The molecule has 138 valence electrons. The third-order valence-electron chi connectivity index (χ3n) is 5.09. The Morgan fingerprint density at radius 2 is 1.78 bits per heavy atom. The Labute approximate surface area is 157 Å². The lowest BCUT2D eigenvalue weighted by atomic mass is 9.96. The van der Waals surface area contributed by atoms with Gasteiger partial charge in [-0.1, -0.05) is 30.3 Å². The van der Waals surface area contributed by atoms with E-state index in [0.29, 0.717) is 22.8 Å². The van der Waals surface area contributed by atoms with E-state index < -0.39 is 0 Å². The number of fused-ring (bicyclic) bond motifs is 1. The summed E-state index contributed by atoms with van der Waals surface area (Å²) in [6.45, 7) is 2.23. The average molecular weight is 362 g/mol. The maximum absolute atomic E-state index is 12.5. The van der Waals surface area contributed by atoms with Gasteiger partial charge in [-0.05, 0) is 43.0 Å². The molecule has 4 rings (SSSR count). The predicted molar refractivity (Wildman–Crippen MR) is 106 cm³/mol. The molecule has 1 aromatic heterocycles. The Kier molecular flexibility index (Phi) is 4.87. The highest BCUT2D eigenvalue weighted by molar-refractivity contribution is 5.94. The van der Waals surface area contributed by atoms with Crippen molar-refractivity contribution in [2.75, 3.05) is 25.0 Å². The molecule has 27 heavy (non-hydrogen) atoms. The SMILES string of the molecule is O=C(c1ccccc1)N1CCC(CNc2nc3ccccc3c(=O)[nH]2)CC1. The van der Waals surface area contributed by atoms with E-state index in [1.807, 2.05) is 53.4 Å². The van der Waals surface area contributed by atoms with Crippen LogP contribution in [0.4, 0.5) is 5.95 Å². The van der Waals surface area contributed by atoms with Crippen LogP contribution in [0.3, 0.4) is 0 Å². The fourth-order valence-electron chi connectivity index (χ4n) is 3.51. The van der Waals surface area contributed by atoms with Gasteiger partial charge in [0.25, 0.3) is 11.5 Å². The Bertz CT molecular complexity index is 992. The van der Waals surface area contributed by atoms with Gasteiger partial charge in [0.2, 0.25) is 5.95 Å². The topological polar surface area (TPSA) is 78.1 Å². The van der Waals surface area contributed by atoms with Crippen molar-refractivity contribution in [3.05, 3.63) is 70.5 Å². The van der Waals surface area contributed by atoms with E-state index in [4.69, 9.17) is 0 Å². The molecule has 0 spiro atoms. The van der Waals surface area contributed by atoms with Crippen LogP contribution in [0.2, 0.25) is 0 Å². The number of carbonyl (C=O) groups excluding carboxylic acids is 1. The molecule has 0 unspecified atom stereocenters. The van der Waals surface area contributed by atoms with Gasteiger partial charge in [0.05, 0.1) is 10.9 Å². The van der Waals surface area contributed by atoms with Gasteiger partial charge >= 0.3 is 0 Å². The lowest BCUT2D eigenvalue weighted by molar-refractivity contribution is 0.0695. The minimum absolute atomic E-state index is 0.0996. The monoisotopic (exact) mass is 362 g/mol. The van der Waals surface area contributed by atoms with Crippen molar-refractivity contribution in [2.24, 2.45) is 5.92 Å². The van der Waals surface area contributed by atoms with E-state index in [9.17, 15) is 9.59 Å². The summed E-state index contributed by atoms with van der Waals surface area (Å²) in [5.74, 6) is 1.05. The van der Waals surface area contributed by atoms with Gasteiger partial charge in [0.1, 0.15) is 0 Å². The summed E-state index contributed by atoms with van der Waals surface area (Å²) in [5, 5.41) is 3.85. The number of piperidine rings is 1. The fourth-order valence-corrected chi connectivity index (χ4v) is 3.51. The normalized spacial score (nSPS) is 15.0. The number of aromatic nitrogens is 2. The number of rotatable bonds is 4. The molecule has 1 aliphatic heterocycles. The lowest BCUT2D eigenvalue weighted by Crippen LogP contribution is -2.40. The van der Waals surface area contributed by atoms with Crippen LogP contribution in [-0.2, 0) is 0 Å². The highest BCUT2D eigenvalue weighted by Gasteiger charge is 2.23. The minimum atomic E-state index is -0.133. The van der Waals surface area contributed by atoms with E-state index in [1.165, 1.54) is 0 Å². The molecule has 6 nitrogen and oxygen atoms in total. The van der Waals surface area contributed by atoms with Gasteiger partial charge in [0.15, 0.2) is 0 Å². The summed E-state index contributed by atoms with van der Waals surface area (Å²) in [4.78, 5) is 33.8. The summed E-state index contributed by atoms with van der Waals surface area (Å²) < 4.78 is 0. The van der Waals surface area contributed by atoms with Crippen LogP contribution < -0.4 is 10.9 Å². The number of hydrogen-bond donors (Lipinski definition) is 2. The van der Waals surface area contributed by atoms with Crippen LogP contribution in [0, 0.1) is 5.92 Å². The molecule has 0 atom stereocenters. The molecular formula is C21H22N4O2. The van der Waals surface area contributed by atoms with Crippen molar-refractivity contribution in [1.29, 1.82) is 0 Å². The largest absolute Gasteiger partial charge is 0.355 e. The second kappa shape index (κ2) is 7.61. The summed E-state index contributed by atoms with van der Waals surface area (Å²) >= 11 is 0. The quantitative estimate of drug-likeness (QED) is 0.748. The predicted octanol–water partition coefficient (Wildman–Crippen LogP) is 2.89. The molecule has 2 N–H and O–H groups in total. The van der Waals surface area contributed by atoms with Gasteiger partial charge in [-0.2, -0.15) is 0 Å². The summed E-state index contributed by atoms with van der Waals surface area (Å²) in [6.07, 6.45) is 1.87. The van der Waals surface area contributed by atoms with Crippen molar-refractivity contribution in [3.63, 3.8) is 0 Å². The number of carbonyl (C=O) groups is 1. The number of nitrogens with zero attached hydrogens (tertiary/aromatic N) is 2. The molecule has 1 amide bonds. The fraction of sp³-hybridized carbons (Fsp3) is 0.286. The number of likely N-dealkylation sites (tertiary alicyclic amines) is 1. The molecule has 0 aliphatic carbocycles. The van der Waals surface area contributed by atoms with E-state index in [-0.39, 0.29) is 11.5 Å². The first kappa shape index (κ1) is 17.3. The number of para-hydroxylation sites is 1. The smallest absolute Gasteiger partial charge is 0.260 e. The molecule has 2 aromatic carbocycles. The molecule has 2 heterocycles. The molecule has 0 radical (unpaired) electrons. The van der Waals surface area contributed by atoms with Gasteiger partial charge in [-0.3, -0.25) is 14.6 Å². The first-order valence-corrected chi connectivity index (χ1v) is 9.28. The van der Waals surface area contributed by atoms with Crippen molar-refractivity contribution >= 4 is 22.8 Å². The molecule has 0 bridgehead atoms. The third-order valence-corrected chi connectivity index (χ3v) is 5.09. The number of nitrogens with one attached hydrogen (secondary N) is 2. The van der Waals surface area contributed by atoms with Gasteiger partial charge in [-0.15, -0.1) is 0 Å². The lowest BCUT2D eigenvalue weighted by Gasteiger charge is -2.32. The van der Waals surface area contributed by atoms with Crippen LogP contribution in [0.1, 0.15) is 23.2 Å². The highest BCUT2D eigenvalue weighted by Crippen LogP contribution is 2.19. The summed E-state index contributed by atoms with van der Waals surface area (Å²) in [7, 11) is 0. The Morgan fingerprint density at radius 3 is 2.56 bits per heavy atom. The van der Waals surface area contributed by atoms with Gasteiger partial charge < -0.3 is 10.2 Å². The Morgan fingerprint density at radius 1 is 1.07 bits per heavy atom. The van der Waals surface area contributed by atoms with Crippen molar-refractivity contribution < 1.29 is 4.79 Å². The molecule has 3 aromatic rings. The molecule has 1 fully saturated rings. The zero-order valence-electron chi connectivity index (χ0n) is 15.0. The van der Waals surface area contributed by atoms with Crippen LogP contribution in [0.25, 0.3) is 10.9 Å². The molecule has 0 saturated carbocycles. The number of amides is 1. The first-order valence-electron chi connectivity index (χ1n) is 9.28. The van der Waals surface area contributed by atoms with E-state index in [0.717, 1.165) is 38.0 Å². The highest BCUT2D eigenvalue weighted by atomic mass is 16.2. The molecule has 1 aliphatic rings. The number of aromatic amines is 1. The third kappa shape index (κ3) is 3.84. The average Bonchev–Trinajstić information content (AvgIpc) is 2.73. The van der Waals surface area contributed by atoms with Gasteiger partial charge in [-0.25, -0.2) is 4.98 Å². The van der Waals surface area contributed by atoms with Gasteiger partial charge in [0, 0.05) is 25.2 Å². The number of anilines is 1. The summed E-state index contributed by atoms with van der Waals surface area (Å²) in [5.41, 5.74) is 1.30. The maximum Gasteiger partial charge on any atom is 0.260 e.